The van der Waals surface area contributed by atoms with Gasteiger partial charge in [0.25, 0.3) is 0 Å². The summed E-state index contributed by atoms with van der Waals surface area (Å²) in [6.45, 7) is 2.48. The Bertz CT molecular complexity index is 667. The van der Waals surface area contributed by atoms with Crippen molar-refractivity contribution in [1.82, 2.24) is 29.5 Å². The van der Waals surface area contributed by atoms with Gasteiger partial charge in [0, 0.05) is 46.0 Å². The first-order chi connectivity index (χ1) is 10.7. The highest BCUT2D eigenvalue weighted by molar-refractivity contribution is 5.79. The number of aromatic nitrogens is 4. The van der Waals surface area contributed by atoms with Crippen molar-refractivity contribution in [3.63, 3.8) is 0 Å². The Kier molecular flexibility index (Phi) is 4.13. The summed E-state index contributed by atoms with van der Waals surface area (Å²) in [7, 11) is 5.90. The van der Waals surface area contributed by atoms with E-state index < -0.39 is 0 Å². The Labute approximate surface area is 130 Å². The van der Waals surface area contributed by atoms with Gasteiger partial charge in [-0.2, -0.15) is 0 Å². The fourth-order valence-electron chi connectivity index (χ4n) is 2.86. The summed E-state index contributed by atoms with van der Waals surface area (Å²) >= 11 is 0. The number of nitrogens with one attached hydrogen (secondary N) is 1. The molecule has 7 heteroatoms. The Hall–Kier alpha value is -2.31. The van der Waals surface area contributed by atoms with Crippen molar-refractivity contribution < 1.29 is 0 Å². The molecule has 3 rings (SSSR count). The van der Waals surface area contributed by atoms with E-state index in [0.717, 1.165) is 37.1 Å². The third-order valence-corrected chi connectivity index (χ3v) is 4.11. The van der Waals surface area contributed by atoms with Crippen molar-refractivity contribution in [2.75, 3.05) is 14.1 Å². The molecule has 0 aromatic carbocycles. The third kappa shape index (κ3) is 2.84. The monoisotopic (exact) mass is 301 g/mol. The van der Waals surface area contributed by atoms with E-state index in [0.29, 0.717) is 6.54 Å². The molecule has 2 aromatic rings. The van der Waals surface area contributed by atoms with Crippen molar-refractivity contribution in [3.05, 3.63) is 35.7 Å². The molecule has 22 heavy (non-hydrogen) atoms. The van der Waals surface area contributed by atoms with Gasteiger partial charge in [-0.3, -0.25) is 4.99 Å². The predicted octanol–water partition coefficient (Wildman–Crippen LogP) is 0.770. The molecule has 1 aliphatic heterocycles. The SMILES string of the molecule is CN=C(NCc1nnc2n1CCC2)N(C)Cc1cccn1C. The molecule has 0 saturated heterocycles. The minimum absolute atomic E-state index is 0.650. The molecule has 0 fully saturated rings. The number of fused-ring (bicyclic) bond motifs is 1. The smallest absolute Gasteiger partial charge is 0.194 e. The summed E-state index contributed by atoms with van der Waals surface area (Å²) in [5.74, 6) is 2.95. The van der Waals surface area contributed by atoms with E-state index in [-0.39, 0.29) is 0 Å². The Morgan fingerprint density at radius 3 is 3.05 bits per heavy atom. The molecular formula is C15H23N7. The number of guanidine groups is 1. The van der Waals surface area contributed by atoms with Gasteiger partial charge in [0.15, 0.2) is 11.8 Å². The van der Waals surface area contributed by atoms with E-state index in [1.807, 2.05) is 7.05 Å². The Balaban J connectivity index is 1.61. The maximum atomic E-state index is 4.36. The van der Waals surface area contributed by atoms with Crippen LogP contribution in [0.2, 0.25) is 0 Å². The largest absolute Gasteiger partial charge is 0.353 e. The minimum Gasteiger partial charge on any atom is -0.353 e. The quantitative estimate of drug-likeness (QED) is 0.669. The molecule has 0 radical (unpaired) electrons. The molecule has 1 N–H and O–H groups in total. The Morgan fingerprint density at radius 1 is 1.45 bits per heavy atom. The highest BCUT2D eigenvalue weighted by Gasteiger charge is 2.17. The fraction of sp³-hybridized carbons (Fsp3) is 0.533. The lowest BCUT2D eigenvalue weighted by atomic mass is 10.4. The van der Waals surface area contributed by atoms with Crippen LogP contribution in [-0.4, -0.2) is 44.3 Å². The first-order valence-corrected chi connectivity index (χ1v) is 7.62. The molecule has 0 saturated carbocycles. The first kappa shape index (κ1) is 14.6. The lowest BCUT2D eigenvalue weighted by Crippen LogP contribution is -2.38. The van der Waals surface area contributed by atoms with E-state index in [9.17, 15) is 0 Å². The van der Waals surface area contributed by atoms with Crippen LogP contribution in [0.5, 0.6) is 0 Å². The van der Waals surface area contributed by atoms with Crippen molar-refractivity contribution >= 4 is 5.96 Å². The lowest BCUT2D eigenvalue weighted by Gasteiger charge is -2.22. The highest BCUT2D eigenvalue weighted by atomic mass is 15.3. The number of nitrogens with zero attached hydrogens (tertiary/aromatic N) is 6. The standard InChI is InChI=1S/C15H23N7/c1-16-15(21(3)11-12-6-4-8-20(12)2)17-10-14-19-18-13-7-5-9-22(13)14/h4,6,8H,5,7,9-11H2,1-3H3,(H,16,17). The van der Waals surface area contributed by atoms with Crippen LogP contribution < -0.4 is 5.32 Å². The van der Waals surface area contributed by atoms with E-state index in [1.165, 1.54) is 12.1 Å². The summed E-state index contributed by atoms with van der Waals surface area (Å²) in [6.07, 6.45) is 4.26. The Morgan fingerprint density at radius 2 is 2.32 bits per heavy atom. The van der Waals surface area contributed by atoms with Crippen LogP contribution in [0.3, 0.4) is 0 Å². The summed E-state index contributed by atoms with van der Waals surface area (Å²) in [6, 6.07) is 4.17. The molecular weight excluding hydrogens is 278 g/mol. The van der Waals surface area contributed by atoms with Crippen LogP contribution in [0.1, 0.15) is 23.8 Å². The summed E-state index contributed by atoms with van der Waals surface area (Å²) < 4.78 is 4.33. The predicted molar refractivity (Wildman–Crippen MR) is 85.4 cm³/mol. The van der Waals surface area contributed by atoms with Crippen LogP contribution in [0.25, 0.3) is 0 Å². The summed E-state index contributed by atoms with van der Waals surface area (Å²) in [4.78, 5) is 6.46. The van der Waals surface area contributed by atoms with Gasteiger partial charge in [-0.25, -0.2) is 0 Å². The van der Waals surface area contributed by atoms with Gasteiger partial charge in [0.05, 0.1) is 13.1 Å². The first-order valence-electron chi connectivity index (χ1n) is 7.62. The number of aryl methyl sites for hydroxylation is 2. The van der Waals surface area contributed by atoms with Crippen LogP contribution in [0.15, 0.2) is 23.3 Å². The number of rotatable bonds is 4. The fourth-order valence-corrected chi connectivity index (χ4v) is 2.86. The van der Waals surface area contributed by atoms with Crippen molar-refractivity contribution in [2.24, 2.45) is 12.0 Å². The van der Waals surface area contributed by atoms with Gasteiger partial charge in [-0.15, -0.1) is 10.2 Å². The number of aliphatic imine (C=N–C) groups is 1. The van der Waals surface area contributed by atoms with E-state index in [1.54, 1.807) is 7.05 Å². The molecule has 3 heterocycles. The van der Waals surface area contributed by atoms with E-state index in [4.69, 9.17) is 0 Å². The van der Waals surface area contributed by atoms with Crippen molar-refractivity contribution in [3.8, 4) is 0 Å². The zero-order valence-electron chi connectivity index (χ0n) is 13.5. The van der Waals surface area contributed by atoms with E-state index >= 15 is 0 Å². The molecule has 0 amide bonds. The average Bonchev–Trinajstić information content (AvgIpc) is 3.19. The third-order valence-electron chi connectivity index (χ3n) is 4.11. The molecule has 0 unspecified atom stereocenters. The molecule has 7 nitrogen and oxygen atoms in total. The van der Waals surface area contributed by atoms with Crippen LogP contribution in [0, 0.1) is 0 Å². The average molecular weight is 301 g/mol. The second kappa shape index (κ2) is 6.21. The number of hydrogen-bond acceptors (Lipinski definition) is 3. The van der Waals surface area contributed by atoms with Crippen molar-refractivity contribution in [1.29, 1.82) is 0 Å². The lowest BCUT2D eigenvalue weighted by molar-refractivity contribution is 0.459. The zero-order valence-corrected chi connectivity index (χ0v) is 13.5. The van der Waals surface area contributed by atoms with Gasteiger partial charge in [0.1, 0.15) is 5.82 Å². The minimum atomic E-state index is 0.650. The molecule has 0 spiro atoms. The number of hydrogen-bond donors (Lipinski definition) is 1. The maximum absolute atomic E-state index is 4.36. The second-order valence-corrected chi connectivity index (χ2v) is 5.65. The summed E-state index contributed by atoms with van der Waals surface area (Å²) in [5.41, 5.74) is 1.24. The second-order valence-electron chi connectivity index (χ2n) is 5.65. The highest BCUT2D eigenvalue weighted by Crippen LogP contribution is 2.13. The van der Waals surface area contributed by atoms with Crippen LogP contribution >= 0.6 is 0 Å². The molecule has 118 valence electrons. The topological polar surface area (TPSA) is 63.3 Å². The van der Waals surface area contributed by atoms with E-state index in [2.05, 4.69) is 59.9 Å². The summed E-state index contributed by atoms with van der Waals surface area (Å²) in [5, 5.41) is 11.9. The van der Waals surface area contributed by atoms with Crippen LogP contribution in [-0.2, 0) is 33.1 Å². The molecule has 1 aliphatic rings. The molecule has 0 aliphatic carbocycles. The molecule has 2 aromatic heterocycles. The van der Waals surface area contributed by atoms with Crippen molar-refractivity contribution in [2.45, 2.75) is 32.5 Å². The van der Waals surface area contributed by atoms with Gasteiger partial charge in [0.2, 0.25) is 0 Å². The normalized spacial score (nSPS) is 14.2. The van der Waals surface area contributed by atoms with Crippen LogP contribution in [0.4, 0.5) is 0 Å². The maximum Gasteiger partial charge on any atom is 0.194 e. The van der Waals surface area contributed by atoms with Gasteiger partial charge in [-0.05, 0) is 18.6 Å². The van der Waals surface area contributed by atoms with Gasteiger partial charge >= 0.3 is 0 Å². The molecule has 0 atom stereocenters. The zero-order chi connectivity index (χ0) is 15.5. The molecule has 0 bridgehead atoms. The van der Waals surface area contributed by atoms with Gasteiger partial charge in [-0.1, -0.05) is 0 Å². The van der Waals surface area contributed by atoms with Gasteiger partial charge < -0.3 is 19.4 Å².